The number of rotatable bonds is 2. The molecule has 0 amide bonds. The van der Waals surface area contributed by atoms with Gasteiger partial charge >= 0.3 is 0 Å². The smallest absolute Gasteiger partial charge is 0.141 e. The van der Waals surface area contributed by atoms with Gasteiger partial charge in [-0.1, -0.05) is 12.1 Å². The largest absolute Gasteiger partial charge is 0.382 e. The highest BCUT2D eigenvalue weighted by Crippen LogP contribution is 2.29. The van der Waals surface area contributed by atoms with Gasteiger partial charge in [0.2, 0.25) is 0 Å². The molecule has 0 saturated heterocycles. The second-order valence-electron chi connectivity index (χ2n) is 4.22. The molecule has 2 aromatic heterocycles. The van der Waals surface area contributed by atoms with Gasteiger partial charge in [0, 0.05) is 11.8 Å². The van der Waals surface area contributed by atoms with Crippen LogP contribution in [-0.4, -0.2) is 15.0 Å². The van der Waals surface area contributed by atoms with Gasteiger partial charge in [-0.15, -0.1) is 11.3 Å². The van der Waals surface area contributed by atoms with E-state index >= 15 is 0 Å². The number of anilines is 1. The van der Waals surface area contributed by atoms with Crippen LogP contribution in [0.15, 0.2) is 42.3 Å². The maximum absolute atomic E-state index is 5.57. The molecular formula is C14H12N4S. The van der Waals surface area contributed by atoms with Crippen LogP contribution in [0.2, 0.25) is 0 Å². The quantitative estimate of drug-likeness (QED) is 0.775. The number of nitrogens with zero attached hydrogens (tertiary/aromatic N) is 3. The van der Waals surface area contributed by atoms with Crippen molar-refractivity contribution in [3.8, 4) is 21.7 Å². The minimum Gasteiger partial charge on any atom is -0.382 e. The van der Waals surface area contributed by atoms with Crippen molar-refractivity contribution >= 4 is 17.2 Å². The monoisotopic (exact) mass is 268 g/mol. The third-order valence-corrected chi connectivity index (χ3v) is 3.72. The maximum Gasteiger partial charge on any atom is 0.141 e. The Morgan fingerprint density at radius 2 is 2.00 bits per heavy atom. The number of nitrogens with two attached hydrogens (primary N) is 1. The van der Waals surface area contributed by atoms with E-state index in [0.29, 0.717) is 5.82 Å². The van der Waals surface area contributed by atoms with Crippen LogP contribution < -0.4 is 5.73 Å². The molecule has 0 bridgehead atoms. The summed E-state index contributed by atoms with van der Waals surface area (Å²) < 4.78 is 0. The zero-order valence-electron chi connectivity index (χ0n) is 10.4. The third kappa shape index (κ3) is 2.32. The van der Waals surface area contributed by atoms with Gasteiger partial charge in [0.15, 0.2) is 0 Å². The lowest BCUT2D eigenvalue weighted by Crippen LogP contribution is -1.94. The van der Waals surface area contributed by atoms with Gasteiger partial charge < -0.3 is 5.73 Å². The molecule has 0 saturated carbocycles. The summed E-state index contributed by atoms with van der Waals surface area (Å²) in [6, 6.07) is 6.29. The number of thiazole rings is 1. The average Bonchev–Trinajstić information content (AvgIpc) is 2.94. The van der Waals surface area contributed by atoms with Gasteiger partial charge in [-0.2, -0.15) is 0 Å². The first-order valence-corrected chi connectivity index (χ1v) is 6.69. The van der Waals surface area contributed by atoms with E-state index in [1.54, 1.807) is 23.7 Å². The number of nitrogen functional groups attached to an aromatic ring is 1. The molecule has 0 aliphatic rings. The fourth-order valence-electron chi connectivity index (χ4n) is 1.89. The van der Waals surface area contributed by atoms with Crippen molar-refractivity contribution in [1.29, 1.82) is 0 Å². The minimum absolute atomic E-state index is 0.431. The second kappa shape index (κ2) is 4.78. The molecule has 0 aliphatic heterocycles. The van der Waals surface area contributed by atoms with Crippen LogP contribution in [0.3, 0.4) is 0 Å². The lowest BCUT2D eigenvalue weighted by molar-refractivity contribution is 1.21. The Kier molecular flexibility index (Phi) is 2.97. The summed E-state index contributed by atoms with van der Waals surface area (Å²) in [7, 11) is 0. The predicted octanol–water partition coefficient (Wildman–Crippen LogP) is 3.16. The van der Waals surface area contributed by atoms with Crippen LogP contribution in [0.25, 0.3) is 21.7 Å². The topological polar surface area (TPSA) is 64.7 Å². The van der Waals surface area contributed by atoms with Crippen molar-refractivity contribution < 1.29 is 0 Å². The Bertz CT molecular complexity index is 690. The zero-order valence-corrected chi connectivity index (χ0v) is 11.2. The molecule has 3 aromatic rings. The van der Waals surface area contributed by atoms with E-state index in [1.165, 1.54) is 0 Å². The van der Waals surface area contributed by atoms with E-state index < -0.39 is 0 Å². The van der Waals surface area contributed by atoms with Crippen molar-refractivity contribution in [2.75, 3.05) is 5.73 Å². The Hall–Kier alpha value is -2.27. The van der Waals surface area contributed by atoms with E-state index in [2.05, 4.69) is 40.1 Å². The third-order valence-electron chi connectivity index (χ3n) is 2.90. The fraction of sp³-hybridized carbons (Fsp3) is 0.0714. The first kappa shape index (κ1) is 11.8. The number of hydrogen-bond acceptors (Lipinski definition) is 5. The number of benzene rings is 1. The van der Waals surface area contributed by atoms with E-state index in [-0.39, 0.29) is 0 Å². The average molecular weight is 268 g/mol. The van der Waals surface area contributed by atoms with Crippen LogP contribution >= 0.6 is 11.3 Å². The summed E-state index contributed by atoms with van der Waals surface area (Å²) in [5, 5.41) is 0. The van der Waals surface area contributed by atoms with Gasteiger partial charge in [-0.3, -0.25) is 9.97 Å². The first-order valence-electron chi connectivity index (χ1n) is 5.81. The first-order chi connectivity index (χ1) is 9.24. The molecule has 1 aromatic carbocycles. The summed E-state index contributed by atoms with van der Waals surface area (Å²) >= 11 is 1.62. The summed E-state index contributed by atoms with van der Waals surface area (Å²) in [6.07, 6.45) is 5.15. The summed E-state index contributed by atoms with van der Waals surface area (Å²) in [4.78, 5) is 13.7. The molecule has 4 nitrogen and oxygen atoms in total. The summed E-state index contributed by atoms with van der Waals surface area (Å²) in [5.74, 6) is 0.431. The Balaban J connectivity index is 2.10. The van der Waals surface area contributed by atoms with E-state index in [0.717, 1.165) is 27.3 Å². The molecule has 0 radical (unpaired) electrons. The van der Waals surface area contributed by atoms with Crippen molar-refractivity contribution in [2.45, 2.75) is 6.92 Å². The Morgan fingerprint density at radius 1 is 1.11 bits per heavy atom. The van der Waals surface area contributed by atoms with Gasteiger partial charge in [0.05, 0.1) is 28.5 Å². The summed E-state index contributed by atoms with van der Waals surface area (Å²) in [6.45, 7) is 2.06. The molecule has 0 fully saturated rings. The van der Waals surface area contributed by atoms with Gasteiger partial charge in [0.1, 0.15) is 5.82 Å². The molecule has 3 rings (SSSR count). The van der Waals surface area contributed by atoms with E-state index in [9.17, 15) is 0 Å². The Labute approximate surface area is 115 Å². The molecule has 2 N–H and O–H groups in total. The van der Waals surface area contributed by atoms with Crippen LogP contribution in [0.4, 0.5) is 5.82 Å². The minimum atomic E-state index is 0.431. The van der Waals surface area contributed by atoms with Gasteiger partial charge in [-0.25, -0.2) is 4.98 Å². The second-order valence-corrected chi connectivity index (χ2v) is 5.11. The molecule has 5 heteroatoms. The molecule has 19 heavy (non-hydrogen) atoms. The predicted molar refractivity (Wildman–Crippen MR) is 77.7 cm³/mol. The zero-order chi connectivity index (χ0) is 13.2. The van der Waals surface area contributed by atoms with Crippen LogP contribution in [-0.2, 0) is 0 Å². The van der Waals surface area contributed by atoms with Gasteiger partial charge in [0.25, 0.3) is 0 Å². The molecule has 0 spiro atoms. The Morgan fingerprint density at radius 3 is 2.68 bits per heavy atom. The molecular weight excluding hydrogens is 256 g/mol. The van der Waals surface area contributed by atoms with Crippen molar-refractivity contribution in [1.82, 2.24) is 15.0 Å². The highest BCUT2D eigenvalue weighted by molar-refractivity contribution is 7.13. The van der Waals surface area contributed by atoms with Gasteiger partial charge in [-0.05, 0) is 24.1 Å². The molecule has 0 unspecified atom stereocenters. The van der Waals surface area contributed by atoms with E-state index in [4.69, 9.17) is 5.73 Å². The van der Waals surface area contributed by atoms with Crippen LogP contribution in [0, 0.1) is 6.92 Å². The number of aryl methyl sites for hydroxylation is 1. The van der Waals surface area contributed by atoms with E-state index in [1.807, 2.05) is 11.7 Å². The standard InChI is InChI=1S/C14H12N4S/c1-9-2-3-10(13-6-16-8-19-13)4-11(9)12-5-18-14(15)7-17-12/h2-8H,1H3,(H2,15,18). The maximum atomic E-state index is 5.57. The van der Waals surface area contributed by atoms with Crippen molar-refractivity contribution in [2.24, 2.45) is 0 Å². The molecule has 94 valence electrons. The SMILES string of the molecule is Cc1ccc(-c2cncs2)cc1-c1cnc(N)cn1. The highest BCUT2D eigenvalue weighted by Gasteiger charge is 2.07. The fourth-order valence-corrected chi connectivity index (χ4v) is 2.51. The normalized spacial score (nSPS) is 10.6. The highest BCUT2D eigenvalue weighted by atomic mass is 32.1. The lowest BCUT2D eigenvalue weighted by Gasteiger charge is -2.07. The van der Waals surface area contributed by atoms with Crippen LogP contribution in [0.5, 0.6) is 0 Å². The van der Waals surface area contributed by atoms with Crippen molar-refractivity contribution in [3.63, 3.8) is 0 Å². The molecule has 0 aliphatic carbocycles. The summed E-state index contributed by atoms with van der Waals surface area (Å²) in [5.41, 5.74) is 11.6. The van der Waals surface area contributed by atoms with Crippen molar-refractivity contribution in [3.05, 3.63) is 47.9 Å². The number of aromatic nitrogens is 3. The molecule has 0 atom stereocenters. The molecule has 2 heterocycles. The number of hydrogen-bond donors (Lipinski definition) is 1. The lowest BCUT2D eigenvalue weighted by atomic mass is 10.0. The van der Waals surface area contributed by atoms with Crippen LogP contribution in [0.1, 0.15) is 5.56 Å².